The van der Waals surface area contributed by atoms with E-state index >= 15 is 0 Å². The van der Waals surface area contributed by atoms with Gasteiger partial charge in [0.25, 0.3) is 0 Å². The third-order valence-corrected chi connectivity index (χ3v) is 4.31. The average Bonchev–Trinajstić information content (AvgIpc) is 2.93. The third kappa shape index (κ3) is 5.35. The summed E-state index contributed by atoms with van der Waals surface area (Å²) in [5.74, 6) is -0.843. The van der Waals surface area contributed by atoms with Crippen LogP contribution in [0.5, 0.6) is 5.75 Å². The molecule has 144 valence electrons. The summed E-state index contributed by atoms with van der Waals surface area (Å²) in [6, 6.07) is 4.31. The zero-order chi connectivity index (χ0) is 19.4. The number of carboxylic acid groups (broad SMARTS) is 1. The van der Waals surface area contributed by atoms with E-state index in [1.165, 1.54) is 12.1 Å². The standard InChI is InChI=1S/C17H21F3N2O4/c1-16(15(24)25)6-8-22(11-16)10-14(23)21-7-9-26-13-4-2-12(3-5-13)17(18,19)20/h2-5H,6-11H2,1H3,(H,21,23)(H,24,25). The highest BCUT2D eigenvalue weighted by molar-refractivity contribution is 5.79. The van der Waals surface area contributed by atoms with Gasteiger partial charge < -0.3 is 15.2 Å². The number of nitrogens with zero attached hydrogens (tertiary/aromatic N) is 1. The number of ether oxygens (including phenoxy) is 1. The second kappa shape index (κ2) is 7.94. The molecule has 6 nitrogen and oxygen atoms in total. The molecule has 1 heterocycles. The number of nitrogens with one attached hydrogen (secondary N) is 1. The Labute approximate surface area is 148 Å². The topological polar surface area (TPSA) is 78.9 Å². The molecule has 0 radical (unpaired) electrons. The number of carbonyl (C=O) groups excluding carboxylic acids is 1. The summed E-state index contributed by atoms with van der Waals surface area (Å²) in [6.07, 6.45) is -3.90. The van der Waals surface area contributed by atoms with Gasteiger partial charge in [-0.15, -0.1) is 0 Å². The van der Waals surface area contributed by atoms with E-state index in [-0.39, 0.29) is 31.4 Å². The molecule has 1 aromatic carbocycles. The number of hydrogen-bond acceptors (Lipinski definition) is 4. The Bertz CT molecular complexity index is 648. The fourth-order valence-electron chi connectivity index (χ4n) is 2.72. The van der Waals surface area contributed by atoms with Crippen molar-refractivity contribution in [3.8, 4) is 5.75 Å². The number of benzene rings is 1. The maximum atomic E-state index is 12.4. The van der Waals surface area contributed by atoms with Crippen LogP contribution in [0.25, 0.3) is 0 Å². The monoisotopic (exact) mass is 374 g/mol. The first-order chi connectivity index (χ1) is 12.1. The molecule has 0 aliphatic carbocycles. The maximum absolute atomic E-state index is 12.4. The van der Waals surface area contributed by atoms with Crippen LogP contribution in [0.1, 0.15) is 18.9 Å². The van der Waals surface area contributed by atoms with Crippen LogP contribution in [0.2, 0.25) is 0 Å². The molecule has 1 unspecified atom stereocenters. The first-order valence-electron chi connectivity index (χ1n) is 8.13. The SMILES string of the molecule is CC1(C(=O)O)CCN(CC(=O)NCCOc2ccc(C(F)(F)F)cc2)C1. The van der Waals surface area contributed by atoms with Crippen LogP contribution in [0.15, 0.2) is 24.3 Å². The van der Waals surface area contributed by atoms with Gasteiger partial charge in [0.2, 0.25) is 5.91 Å². The fraction of sp³-hybridized carbons (Fsp3) is 0.529. The Kier molecular flexibility index (Phi) is 6.12. The van der Waals surface area contributed by atoms with Gasteiger partial charge in [0.1, 0.15) is 12.4 Å². The zero-order valence-corrected chi connectivity index (χ0v) is 14.3. The molecule has 9 heteroatoms. The predicted octanol–water partition coefficient (Wildman–Crippen LogP) is 2.00. The Balaban J connectivity index is 1.67. The molecule has 2 rings (SSSR count). The van der Waals surface area contributed by atoms with E-state index in [9.17, 15) is 22.8 Å². The molecule has 1 aliphatic heterocycles. The summed E-state index contributed by atoms with van der Waals surface area (Å²) in [6.45, 7) is 2.93. The van der Waals surface area contributed by atoms with Crippen molar-refractivity contribution in [3.05, 3.63) is 29.8 Å². The molecule has 1 saturated heterocycles. The molecule has 26 heavy (non-hydrogen) atoms. The molecule has 1 aromatic rings. The third-order valence-electron chi connectivity index (χ3n) is 4.31. The number of carbonyl (C=O) groups is 2. The highest BCUT2D eigenvalue weighted by atomic mass is 19.4. The van der Waals surface area contributed by atoms with Gasteiger partial charge in [0, 0.05) is 6.54 Å². The van der Waals surface area contributed by atoms with Crippen molar-refractivity contribution >= 4 is 11.9 Å². The Morgan fingerprint density at radius 1 is 1.31 bits per heavy atom. The number of hydrogen-bond donors (Lipinski definition) is 2. The van der Waals surface area contributed by atoms with Crippen molar-refractivity contribution in [2.45, 2.75) is 19.5 Å². The molecule has 0 bridgehead atoms. The molecule has 2 N–H and O–H groups in total. The van der Waals surface area contributed by atoms with Crippen molar-refractivity contribution in [1.29, 1.82) is 0 Å². The van der Waals surface area contributed by atoms with E-state index in [1.54, 1.807) is 11.8 Å². The summed E-state index contributed by atoms with van der Waals surface area (Å²) in [4.78, 5) is 24.8. The lowest BCUT2D eigenvalue weighted by Gasteiger charge is -2.19. The van der Waals surface area contributed by atoms with Crippen molar-refractivity contribution in [2.24, 2.45) is 5.41 Å². The summed E-state index contributed by atoms with van der Waals surface area (Å²) in [5, 5.41) is 11.8. The van der Waals surface area contributed by atoms with Crippen LogP contribution >= 0.6 is 0 Å². The zero-order valence-electron chi connectivity index (χ0n) is 14.3. The molecular formula is C17H21F3N2O4. The number of carboxylic acids is 1. The van der Waals surface area contributed by atoms with E-state index in [2.05, 4.69) is 5.32 Å². The van der Waals surface area contributed by atoms with Gasteiger partial charge >= 0.3 is 12.1 Å². The Morgan fingerprint density at radius 2 is 1.96 bits per heavy atom. The second-order valence-electron chi connectivity index (χ2n) is 6.55. The minimum atomic E-state index is -4.39. The Hall–Kier alpha value is -2.29. The van der Waals surface area contributed by atoms with Crippen LogP contribution in [0, 0.1) is 5.41 Å². The molecule has 0 spiro atoms. The van der Waals surface area contributed by atoms with E-state index in [0.29, 0.717) is 19.5 Å². The lowest BCUT2D eigenvalue weighted by Crippen LogP contribution is -2.39. The van der Waals surface area contributed by atoms with Gasteiger partial charge in [-0.05, 0) is 44.2 Å². The van der Waals surface area contributed by atoms with E-state index < -0.39 is 23.1 Å². The molecule has 1 fully saturated rings. The first kappa shape index (κ1) is 20.0. The lowest BCUT2D eigenvalue weighted by atomic mass is 9.90. The lowest BCUT2D eigenvalue weighted by molar-refractivity contribution is -0.147. The predicted molar refractivity (Wildman–Crippen MR) is 86.7 cm³/mol. The first-order valence-corrected chi connectivity index (χ1v) is 8.13. The van der Waals surface area contributed by atoms with Crippen molar-refractivity contribution in [1.82, 2.24) is 10.2 Å². The number of aliphatic carboxylic acids is 1. The minimum absolute atomic E-state index is 0.100. The second-order valence-corrected chi connectivity index (χ2v) is 6.55. The number of rotatable bonds is 7. The summed E-state index contributed by atoms with van der Waals surface area (Å²) in [5.41, 5.74) is -1.58. The largest absolute Gasteiger partial charge is 0.492 e. The average molecular weight is 374 g/mol. The van der Waals surface area contributed by atoms with Crippen molar-refractivity contribution < 1.29 is 32.6 Å². The van der Waals surface area contributed by atoms with Crippen LogP contribution in [0.3, 0.4) is 0 Å². The normalized spacial score (nSPS) is 20.8. The smallest absolute Gasteiger partial charge is 0.416 e. The molecule has 0 saturated carbocycles. The van der Waals surface area contributed by atoms with Crippen molar-refractivity contribution in [2.75, 3.05) is 32.8 Å². The van der Waals surface area contributed by atoms with E-state index in [4.69, 9.17) is 9.84 Å². The molecule has 0 aromatic heterocycles. The van der Waals surface area contributed by atoms with Crippen LogP contribution < -0.4 is 10.1 Å². The van der Waals surface area contributed by atoms with Gasteiger partial charge in [-0.3, -0.25) is 14.5 Å². The van der Waals surface area contributed by atoms with Gasteiger partial charge in [-0.2, -0.15) is 13.2 Å². The highest BCUT2D eigenvalue weighted by Crippen LogP contribution is 2.30. The van der Waals surface area contributed by atoms with E-state index in [1.807, 2.05) is 0 Å². The molecular weight excluding hydrogens is 353 g/mol. The number of likely N-dealkylation sites (tertiary alicyclic amines) is 1. The number of amides is 1. The number of alkyl halides is 3. The molecule has 1 amide bonds. The summed E-state index contributed by atoms with van der Waals surface area (Å²) in [7, 11) is 0. The van der Waals surface area contributed by atoms with Crippen molar-refractivity contribution in [3.63, 3.8) is 0 Å². The fourth-order valence-corrected chi connectivity index (χ4v) is 2.72. The van der Waals surface area contributed by atoms with Gasteiger partial charge in [-0.1, -0.05) is 0 Å². The quantitative estimate of drug-likeness (QED) is 0.714. The van der Waals surface area contributed by atoms with Crippen LogP contribution in [-0.4, -0.2) is 54.7 Å². The van der Waals surface area contributed by atoms with Crippen LogP contribution in [0.4, 0.5) is 13.2 Å². The molecule has 1 atom stereocenters. The van der Waals surface area contributed by atoms with Gasteiger partial charge in [0.05, 0.1) is 24.1 Å². The van der Waals surface area contributed by atoms with Gasteiger partial charge in [0.15, 0.2) is 0 Å². The van der Waals surface area contributed by atoms with Gasteiger partial charge in [-0.25, -0.2) is 0 Å². The number of halogens is 3. The van der Waals surface area contributed by atoms with E-state index in [0.717, 1.165) is 12.1 Å². The maximum Gasteiger partial charge on any atom is 0.416 e. The summed E-state index contributed by atoms with van der Waals surface area (Å²) >= 11 is 0. The highest BCUT2D eigenvalue weighted by Gasteiger charge is 2.40. The minimum Gasteiger partial charge on any atom is -0.492 e. The summed E-state index contributed by atoms with van der Waals surface area (Å²) < 4.78 is 42.6. The Morgan fingerprint density at radius 3 is 2.50 bits per heavy atom. The molecule has 1 aliphatic rings. The van der Waals surface area contributed by atoms with Crippen LogP contribution in [-0.2, 0) is 15.8 Å².